The van der Waals surface area contributed by atoms with Crippen LogP contribution >= 0.6 is 0 Å². The zero-order valence-corrected chi connectivity index (χ0v) is 31.9. The predicted molar refractivity (Wildman–Crippen MR) is 242 cm³/mol. The van der Waals surface area contributed by atoms with Crippen LogP contribution < -0.4 is 15.9 Å². The molecule has 4 nitrogen and oxygen atoms in total. The number of nitrogens with zero attached hydrogens (tertiary/aromatic N) is 3. The Kier molecular flexibility index (Phi) is 9.29. The van der Waals surface area contributed by atoms with Crippen molar-refractivity contribution in [2.45, 2.75) is 13.0 Å². The molecule has 0 saturated heterocycles. The van der Waals surface area contributed by atoms with Crippen molar-refractivity contribution in [1.29, 1.82) is 0 Å². The Bertz CT molecular complexity index is 3050. The third-order valence-corrected chi connectivity index (χ3v) is 10.9. The lowest BCUT2D eigenvalue weighted by molar-refractivity contribution is 0.728. The van der Waals surface area contributed by atoms with E-state index in [-0.39, 0.29) is 6.04 Å². The van der Waals surface area contributed by atoms with Gasteiger partial charge in [-0.25, -0.2) is 4.99 Å². The number of aryl methyl sites for hydroxylation is 1. The lowest BCUT2D eigenvalue weighted by Crippen LogP contribution is -2.33. The molecule has 8 aromatic rings. The van der Waals surface area contributed by atoms with E-state index in [0.29, 0.717) is 5.82 Å². The summed E-state index contributed by atoms with van der Waals surface area (Å²) in [7, 11) is 0. The number of aromatic nitrogens is 2. The number of aliphatic imine (C=N–C) groups is 1. The number of rotatable bonds is 9. The van der Waals surface area contributed by atoms with Gasteiger partial charge in [0.15, 0.2) is 0 Å². The average Bonchev–Trinajstić information content (AvgIpc) is 3.72. The number of allylic oxidation sites excluding steroid dienone is 3. The van der Waals surface area contributed by atoms with Gasteiger partial charge in [0, 0.05) is 26.9 Å². The second kappa shape index (κ2) is 15.0. The summed E-state index contributed by atoms with van der Waals surface area (Å²) in [6, 6.07) is 55.0. The molecule has 9 rings (SSSR count). The van der Waals surface area contributed by atoms with Crippen molar-refractivity contribution in [3.8, 4) is 22.3 Å². The van der Waals surface area contributed by atoms with Gasteiger partial charge in [-0.15, -0.1) is 0 Å². The second-order valence-corrected chi connectivity index (χ2v) is 14.3. The van der Waals surface area contributed by atoms with Crippen LogP contribution in [0.4, 0.5) is 0 Å². The van der Waals surface area contributed by atoms with E-state index in [1.807, 2.05) is 12.1 Å². The normalized spacial score (nSPS) is 14.5. The van der Waals surface area contributed by atoms with Crippen LogP contribution in [0.5, 0.6) is 0 Å². The smallest absolute Gasteiger partial charge is 0.131 e. The van der Waals surface area contributed by atoms with Crippen molar-refractivity contribution in [3.05, 3.63) is 228 Å². The van der Waals surface area contributed by atoms with Crippen LogP contribution in [0.15, 0.2) is 200 Å². The molecule has 1 aliphatic rings. The van der Waals surface area contributed by atoms with Gasteiger partial charge in [0.05, 0.1) is 28.5 Å². The van der Waals surface area contributed by atoms with Crippen molar-refractivity contribution in [2.24, 2.45) is 4.99 Å². The zero-order valence-electron chi connectivity index (χ0n) is 31.9. The van der Waals surface area contributed by atoms with Gasteiger partial charge in [-0.1, -0.05) is 165 Å². The topological polar surface area (TPSA) is 34.2 Å². The molecule has 1 N–H and O–H groups in total. The molecule has 6 aromatic carbocycles. The highest BCUT2D eigenvalue weighted by atomic mass is 15.2. The van der Waals surface area contributed by atoms with E-state index >= 15 is 0 Å². The van der Waals surface area contributed by atoms with Gasteiger partial charge in [0.2, 0.25) is 0 Å². The summed E-state index contributed by atoms with van der Waals surface area (Å²) in [5, 5.41) is 8.00. The molecule has 0 aliphatic carbocycles. The van der Waals surface area contributed by atoms with Crippen molar-refractivity contribution in [2.75, 3.05) is 0 Å². The van der Waals surface area contributed by atoms with Crippen molar-refractivity contribution >= 4 is 51.8 Å². The zero-order chi connectivity index (χ0) is 38.9. The highest BCUT2D eigenvalue weighted by Gasteiger charge is 2.19. The molecule has 0 bridgehead atoms. The molecular weight excluding hydrogens is 693 g/mol. The summed E-state index contributed by atoms with van der Waals surface area (Å²) < 4.78 is 4.40. The predicted octanol–water partition coefficient (Wildman–Crippen LogP) is 11.3. The Labute approximate surface area is 333 Å². The number of hydrogen-bond acceptors (Lipinski definition) is 2. The molecule has 0 spiro atoms. The van der Waals surface area contributed by atoms with E-state index in [2.05, 4.69) is 210 Å². The van der Waals surface area contributed by atoms with Gasteiger partial charge >= 0.3 is 0 Å². The van der Waals surface area contributed by atoms with Crippen LogP contribution in [0.25, 0.3) is 68.4 Å². The molecule has 4 heteroatoms. The third-order valence-electron chi connectivity index (χ3n) is 10.9. The van der Waals surface area contributed by atoms with Gasteiger partial charge in [-0.3, -0.25) is 9.13 Å². The van der Waals surface area contributed by atoms with E-state index in [9.17, 15) is 0 Å². The molecule has 57 heavy (non-hydrogen) atoms. The standard InChI is InChI=1S/C53H42N4/c1-5-48(43-25-16-23-41(33-43)39-19-8-6-9-20-39)54-38(4)57-50-30-14-12-27-45(50)36(2)52(57)35-47-37(3)56(51-31-15-13-28-46(47)51)53-32-18-29-49(55-53)44-26-17-24-42(34-44)40-21-10-7-11-22-40/h5-35,49,55H,1,3-4H2,2H3/b47-35+,54-48+. The van der Waals surface area contributed by atoms with Crippen LogP contribution in [0.1, 0.15) is 28.4 Å². The van der Waals surface area contributed by atoms with Gasteiger partial charge in [0.1, 0.15) is 11.6 Å². The maximum Gasteiger partial charge on any atom is 0.131 e. The summed E-state index contributed by atoms with van der Waals surface area (Å²) in [6.45, 7) is 15.6. The molecule has 3 heterocycles. The number of hydrogen-bond donors (Lipinski definition) is 1. The highest BCUT2D eigenvalue weighted by molar-refractivity contribution is 6.11. The van der Waals surface area contributed by atoms with Crippen LogP contribution in [-0.2, 0) is 0 Å². The Morgan fingerprint density at radius 1 is 0.684 bits per heavy atom. The molecule has 1 atom stereocenters. The number of para-hydroxylation sites is 2. The van der Waals surface area contributed by atoms with Crippen molar-refractivity contribution in [3.63, 3.8) is 0 Å². The molecule has 0 amide bonds. The quantitative estimate of drug-likeness (QED) is 0.147. The third kappa shape index (κ3) is 6.58. The maximum atomic E-state index is 5.16. The number of benzene rings is 6. The molecule has 1 unspecified atom stereocenters. The maximum absolute atomic E-state index is 5.16. The van der Waals surface area contributed by atoms with Gasteiger partial charge in [-0.2, -0.15) is 0 Å². The van der Waals surface area contributed by atoms with Gasteiger partial charge in [0.25, 0.3) is 0 Å². The van der Waals surface area contributed by atoms with E-state index in [1.165, 1.54) is 16.7 Å². The first-order valence-corrected chi connectivity index (χ1v) is 19.3. The second-order valence-electron chi connectivity index (χ2n) is 14.3. The first kappa shape index (κ1) is 35.3. The minimum Gasteiger partial charge on any atom is -0.361 e. The molecular formula is C53H42N4. The Balaban J connectivity index is 1.14. The first-order chi connectivity index (χ1) is 28.0. The molecule has 0 radical (unpaired) electrons. The Hall–Kier alpha value is -7.43. The summed E-state index contributed by atoms with van der Waals surface area (Å²) in [4.78, 5) is 5.16. The van der Waals surface area contributed by atoms with Crippen LogP contribution in [0.2, 0.25) is 0 Å². The molecule has 0 fully saturated rings. The largest absolute Gasteiger partial charge is 0.361 e. The van der Waals surface area contributed by atoms with Gasteiger partial charge < -0.3 is 5.32 Å². The van der Waals surface area contributed by atoms with E-state index in [0.717, 1.165) is 71.9 Å². The fourth-order valence-electron chi connectivity index (χ4n) is 8.06. The van der Waals surface area contributed by atoms with Crippen LogP contribution in [0.3, 0.4) is 0 Å². The monoisotopic (exact) mass is 734 g/mol. The van der Waals surface area contributed by atoms with Gasteiger partial charge in [-0.05, 0) is 82.8 Å². The number of nitrogens with one attached hydrogen (secondary N) is 1. The summed E-state index contributed by atoms with van der Waals surface area (Å²) in [6.07, 6.45) is 10.5. The lowest BCUT2D eigenvalue weighted by atomic mass is 9.98. The Morgan fingerprint density at radius 3 is 2.02 bits per heavy atom. The fourth-order valence-corrected chi connectivity index (χ4v) is 8.06. The van der Waals surface area contributed by atoms with E-state index in [1.54, 1.807) is 0 Å². The fraction of sp³-hybridized carbons (Fsp3) is 0.0377. The average molecular weight is 735 g/mol. The molecule has 2 aromatic heterocycles. The Morgan fingerprint density at radius 2 is 1.30 bits per heavy atom. The minimum atomic E-state index is -0.0138. The molecule has 0 saturated carbocycles. The minimum absolute atomic E-state index is 0.0138. The molecule has 1 aliphatic heterocycles. The van der Waals surface area contributed by atoms with Crippen LogP contribution in [0, 0.1) is 6.92 Å². The highest BCUT2D eigenvalue weighted by Crippen LogP contribution is 2.31. The number of dihydropyridines is 1. The van der Waals surface area contributed by atoms with E-state index < -0.39 is 0 Å². The first-order valence-electron chi connectivity index (χ1n) is 19.3. The lowest BCUT2D eigenvalue weighted by Gasteiger charge is -2.24. The summed E-state index contributed by atoms with van der Waals surface area (Å²) in [5.41, 5.74) is 11.8. The summed E-state index contributed by atoms with van der Waals surface area (Å²) >= 11 is 0. The number of fused-ring (bicyclic) bond motifs is 2. The SMILES string of the molecule is C=C/C(=N\C(=C)n1c(/C=c2\c(=C)n(C3=CC=CC(c4cccc(-c5ccccc5)c4)N3)c3ccccc23)c(C)c2ccccc21)c1cccc(-c2ccccc2)c1. The summed E-state index contributed by atoms with van der Waals surface area (Å²) in [5.74, 6) is 1.57. The van der Waals surface area contributed by atoms with Crippen molar-refractivity contribution in [1.82, 2.24) is 14.5 Å². The molecule has 274 valence electrons. The van der Waals surface area contributed by atoms with E-state index in [4.69, 9.17) is 11.6 Å². The van der Waals surface area contributed by atoms with Crippen LogP contribution in [-0.4, -0.2) is 14.8 Å². The van der Waals surface area contributed by atoms with Crippen molar-refractivity contribution < 1.29 is 0 Å².